The molecule has 0 radical (unpaired) electrons. The van der Waals surface area contributed by atoms with Crippen LogP contribution in [0.2, 0.25) is 0 Å². The van der Waals surface area contributed by atoms with E-state index in [-0.39, 0.29) is 23.5 Å². The average molecular weight is 612 g/mol. The number of nitrogens with one attached hydrogen (secondary N) is 2. The van der Waals surface area contributed by atoms with E-state index in [0.29, 0.717) is 12.0 Å². The Morgan fingerprint density at radius 3 is 2.27 bits per heavy atom. The lowest BCUT2D eigenvalue weighted by Gasteiger charge is -2.22. The lowest BCUT2D eigenvalue weighted by molar-refractivity contribution is -0.138. The standard InChI is InChI=1S/C33H36F3N3O5/c1-5-43-29-18-27(39-31(42)44-32(2,3)4)26(17-24(29)33(34,35)36)38-30(41)19-28(40)23-12-8-11-21(15-23)22-13-14-37-25(16-22)20-9-6-7-10-20/h8,11-18,20H,5-7,9-10,19H2,1-4H3,(H,38,41)(H,39,42). The number of amides is 2. The maximum Gasteiger partial charge on any atom is 0.420 e. The first kappa shape index (κ1) is 32.5. The highest BCUT2D eigenvalue weighted by molar-refractivity contribution is 6.12. The molecule has 44 heavy (non-hydrogen) atoms. The number of ether oxygens (including phenoxy) is 2. The second-order valence-corrected chi connectivity index (χ2v) is 11.6. The number of benzene rings is 2. The van der Waals surface area contributed by atoms with E-state index in [4.69, 9.17) is 9.47 Å². The van der Waals surface area contributed by atoms with Crippen molar-refractivity contribution in [1.82, 2.24) is 4.98 Å². The zero-order chi connectivity index (χ0) is 32.1. The number of carbonyl (C=O) groups is 3. The number of ketones is 1. The van der Waals surface area contributed by atoms with Crippen molar-refractivity contribution < 1.29 is 37.0 Å². The summed E-state index contributed by atoms with van der Waals surface area (Å²) in [5.41, 5.74) is 0.363. The second-order valence-electron chi connectivity index (χ2n) is 11.6. The third-order valence-electron chi connectivity index (χ3n) is 7.03. The van der Waals surface area contributed by atoms with E-state index in [1.165, 1.54) is 19.8 Å². The molecule has 1 saturated carbocycles. The molecule has 0 saturated heterocycles. The highest BCUT2D eigenvalue weighted by Crippen LogP contribution is 2.41. The van der Waals surface area contributed by atoms with Gasteiger partial charge in [-0.3, -0.25) is 19.9 Å². The van der Waals surface area contributed by atoms with E-state index in [2.05, 4.69) is 15.6 Å². The minimum Gasteiger partial charge on any atom is -0.493 e. The van der Waals surface area contributed by atoms with Gasteiger partial charge in [-0.25, -0.2) is 4.79 Å². The second kappa shape index (κ2) is 13.5. The molecule has 2 N–H and O–H groups in total. The third kappa shape index (κ3) is 8.58. The largest absolute Gasteiger partial charge is 0.493 e. The third-order valence-corrected chi connectivity index (χ3v) is 7.03. The van der Waals surface area contributed by atoms with Gasteiger partial charge in [0.15, 0.2) is 5.78 Å². The number of hydrogen-bond donors (Lipinski definition) is 2. The number of carbonyl (C=O) groups excluding carboxylic acids is 3. The summed E-state index contributed by atoms with van der Waals surface area (Å²) >= 11 is 0. The van der Waals surface area contributed by atoms with Crippen LogP contribution in [0.15, 0.2) is 54.7 Å². The quantitative estimate of drug-likeness (QED) is 0.186. The van der Waals surface area contributed by atoms with Gasteiger partial charge in [-0.15, -0.1) is 0 Å². The van der Waals surface area contributed by atoms with E-state index in [9.17, 15) is 27.6 Å². The van der Waals surface area contributed by atoms with Crippen molar-refractivity contribution in [3.63, 3.8) is 0 Å². The lowest BCUT2D eigenvalue weighted by Crippen LogP contribution is -2.28. The van der Waals surface area contributed by atoms with Gasteiger partial charge < -0.3 is 14.8 Å². The Labute approximate surface area is 254 Å². The molecule has 0 aliphatic heterocycles. The highest BCUT2D eigenvalue weighted by atomic mass is 19.4. The van der Waals surface area contributed by atoms with Gasteiger partial charge in [0.2, 0.25) is 5.91 Å². The molecule has 1 aliphatic rings. The van der Waals surface area contributed by atoms with Gasteiger partial charge in [-0.05, 0) is 75.9 Å². The van der Waals surface area contributed by atoms with Crippen LogP contribution in [0.1, 0.15) is 87.3 Å². The lowest BCUT2D eigenvalue weighted by atomic mass is 9.97. The molecule has 2 aromatic carbocycles. The molecule has 11 heteroatoms. The number of pyridine rings is 1. The number of halogens is 3. The van der Waals surface area contributed by atoms with Crippen LogP contribution in [0, 0.1) is 0 Å². The SMILES string of the molecule is CCOc1cc(NC(=O)OC(C)(C)C)c(NC(=O)CC(=O)c2cccc(-c3ccnc(C4CCCC4)c3)c2)cc1C(F)(F)F. The van der Waals surface area contributed by atoms with Crippen LogP contribution in [0.25, 0.3) is 11.1 Å². The predicted molar refractivity (Wildman–Crippen MR) is 161 cm³/mol. The van der Waals surface area contributed by atoms with Gasteiger partial charge in [0.1, 0.15) is 11.4 Å². The molecule has 0 atom stereocenters. The molecule has 8 nitrogen and oxygen atoms in total. The molecule has 3 aromatic rings. The summed E-state index contributed by atoms with van der Waals surface area (Å²) in [6.45, 7) is 6.31. The maximum atomic E-state index is 13.9. The van der Waals surface area contributed by atoms with Gasteiger partial charge in [0, 0.05) is 29.4 Å². The van der Waals surface area contributed by atoms with Crippen LogP contribution in [0.3, 0.4) is 0 Å². The zero-order valence-corrected chi connectivity index (χ0v) is 25.1. The Hall–Kier alpha value is -4.41. The normalized spacial score (nSPS) is 13.8. The first-order valence-corrected chi connectivity index (χ1v) is 14.5. The van der Waals surface area contributed by atoms with E-state index in [1.54, 1.807) is 45.2 Å². The van der Waals surface area contributed by atoms with Crippen molar-refractivity contribution in [2.24, 2.45) is 0 Å². The Morgan fingerprint density at radius 1 is 0.932 bits per heavy atom. The fourth-order valence-electron chi connectivity index (χ4n) is 5.08. The Bertz CT molecular complexity index is 1530. The van der Waals surface area contributed by atoms with Crippen molar-refractivity contribution in [1.29, 1.82) is 0 Å². The Balaban J connectivity index is 1.55. The number of aromatic nitrogens is 1. The molecule has 0 spiro atoms. The Morgan fingerprint density at radius 2 is 1.61 bits per heavy atom. The molecule has 1 heterocycles. The molecule has 4 rings (SSSR count). The molecule has 1 aromatic heterocycles. The van der Waals surface area contributed by atoms with Gasteiger partial charge in [-0.1, -0.05) is 31.0 Å². The van der Waals surface area contributed by atoms with Crippen LogP contribution < -0.4 is 15.4 Å². The minimum absolute atomic E-state index is 0.0738. The van der Waals surface area contributed by atoms with Crippen LogP contribution in [0.5, 0.6) is 5.75 Å². The molecular formula is C33H36F3N3O5. The van der Waals surface area contributed by atoms with Crippen LogP contribution in [-0.2, 0) is 15.7 Å². The van der Waals surface area contributed by atoms with E-state index in [1.807, 2.05) is 18.2 Å². The van der Waals surface area contributed by atoms with Gasteiger partial charge in [0.05, 0.1) is 30.0 Å². The maximum absolute atomic E-state index is 13.9. The number of nitrogens with zero attached hydrogens (tertiary/aromatic N) is 1. The van der Waals surface area contributed by atoms with Crippen LogP contribution in [0.4, 0.5) is 29.3 Å². The topological polar surface area (TPSA) is 107 Å². The summed E-state index contributed by atoms with van der Waals surface area (Å²) in [4.78, 5) is 43.1. The van der Waals surface area contributed by atoms with Crippen molar-refractivity contribution in [3.8, 4) is 16.9 Å². The fourth-order valence-corrected chi connectivity index (χ4v) is 5.08. The number of rotatable bonds is 9. The smallest absolute Gasteiger partial charge is 0.420 e. The molecule has 0 bridgehead atoms. The summed E-state index contributed by atoms with van der Waals surface area (Å²) in [5.74, 6) is -1.52. The van der Waals surface area contributed by atoms with Crippen molar-refractivity contribution in [3.05, 3.63) is 71.5 Å². The highest BCUT2D eigenvalue weighted by Gasteiger charge is 2.36. The first-order chi connectivity index (χ1) is 20.7. The molecular weight excluding hydrogens is 575 g/mol. The summed E-state index contributed by atoms with van der Waals surface area (Å²) in [7, 11) is 0. The summed E-state index contributed by atoms with van der Waals surface area (Å²) in [5, 5.41) is 4.72. The summed E-state index contributed by atoms with van der Waals surface area (Å²) in [6, 6.07) is 12.3. The minimum atomic E-state index is -4.82. The monoisotopic (exact) mass is 611 g/mol. The predicted octanol–water partition coefficient (Wildman–Crippen LogP) is 8.38. The Kier molecular flexibility index (Phi) is 9.96. The number of Topliss-reactive ketones (excluding diaryl/α,β-unsaturated/α-hetero) is 1. The van der Waals surface area contributed by atoms with Crippen LogP contribution in [-0.4, -0.2) is 35.0 Å². The molecule has 234 valence electrons. The van der Waals surface area contributed by atoms with E-state index >= 15 is 0 Å². The van der Waals surface area contributed by atoms with Crippen molar-refractivity contribution in [2.75, 3.05) is 17.2 Å². The van der Waals surface area contributed by atoms with Crippen LogP contribution >= 0.6 is 0 Å². The van der Waals surface area contributed by atoms with Gasteiger partial charge in [-0.2, -0.15) is 13.2 Å². The van der Waals surface area contributed by atoms with Crippen molar-refractivity contribution in [2.45, 2.75) is 77.5 Å². The molecule has 1 aliphatic carbocycles. The van der Waals surface area contributed by atoms with E-state index in [0.717, 1.165) is 35.7 Å². The average Bonchev–Trinajstić information content (AvgIpc) is 3.48. The summed E-state index contributed by atoms with van der Waals surface area (Å²) < 4.78 is 52.0. The first-order valence-electron chi connectivity index (χ1n) is 14.5. The molecule has 2 amide bonds. The van der Waals surface area contributed by atoms with Gasteiger partial charge >= 0.3 is 12.3 Å². The number of anilines is 2. The van der Waals surface area contributed by atoms with Gasteiger partial charge in [0.25, 0.3) is 0 Å². The number of hydrogen-bond acceptors (Lipinski definition) is 6. The van der Waals surface area contributed by atoms with Crippen molar-refractivity contribution >= 4 is 29.2 Å². The fraction of sp³-hybridized carbons (Fsp3) is 0.394. The van der Waals surface area contributed by atoms with E-state index < -0.39 is 47.3 Å². The molecule has 0 unspecified atom stereocenters. The molecule has 1 fully saturated rings. The number of alkyl halides is 3. The summed E-state index contributed by atoms with van der Waals surface area (Å²) in [6.07, 6.45) is -0.126. The zero-order valence-electron chi connectivity index (χ0n) is 25.1.